The molecule has 104 valence electrons. The Bertz CT molecular complexity index is 290. The number of esters is 1. The van der Waals surface area contributed by atoms with Crippen molar-refractivity contribution in [2.75, 3.05) is 6.61 Å². The molecule has 6 heteroatoms. The van der Waals surface area contributed by atoms with E-state index in [1.54, 1.807) is 6.92 Å². The number of ketones is 1. The van der Waals surface area contributed by atoms with Gasteiger partial charge in [0.25, 0.3) is 0 Å². The van der Waals surface area contributed by atoms with Crippen LogP contribution in [0.15, 0.2) is 0 Å². The first kappa shape index (κ1) is 16.5. The van der Waals surface area contributed by atoms with Gasteiger partial charge in [0.15, 0.2) is 0 Å². The molecule has 0 saturated carbocycles. The van der Waals surface area contributed by atoms with E-state index >= 15 is 0 Å². The van der Waals surface area contributed by atoms with Gasteiger partial charge in [-0.2, -0.15) is 0 Å². The topological polar surface area (TPSA) is 86.5 Å². The molecule has 0 heterocycles. The summed E-state index contributed by atoms with van der Waals surface area (Å²) < 4.78 is 4.76. The van der Waals surface area contributed by atoms with Crippen LogP contribution in [0.5, 0.6) is 0 Å². The summed E-state index contributed by atoms with van der Waals surface area (Å²) in [7, 11) is 0. The predicted molar refractivity (Wildman–Crippen MR) is 65.8 cm³/mol. The Labute approximate surface area is 107 Å². The molecule has 0 aliphatic rings. The van der Waals surface area contributed by atoms with E-state index in [1.165, 1.54) is 6.92 Å². The summed E-state index contributed by atoms with van der Waals surface area (Å²) in [6, 6.07) is -0.684. The molecular weight excluding hydrogens is 238 g/mol. The van der Waals surface area contributed by atoms with Crippen molar-refractivity contribution in [1.82, 2.24) is 0 Å². The lowest BCUT2D eigenvalue weighted by Gasteiger charge is -2.08. The Morgan fingerprint density at radius 1 is 1.22 bits per heavy atom. The Balaban J connectivity index is 3.80. The third kappa shape index (κ3) is 8.66. The summed E-state index contributed by atoms with van der Waals surface area (Å²) in [6.45, 7) is 3.52. The van der Waals surface area contributed by atoms with Crippen molar-refractivity contribution in [2.45, 2.75) is 58.4 Å². The highest BCUT2D eigenvalue weighted by atomic mass is 16.6. The monoisotopic (exact) mass is 259 g/mol. The van der Waals surface area contributed by atoms with Gasteiger partial charge in [-0.25, -0.2) is 0 Å². The molecular formula is C12H21NO5. The van der Waals surface area contributed by atoms with Gasteiger partial charge in [0.2, 0.25) is 6.04 Å². The van der Waals surface area contributed by atoms with Crippen LogP contribution in [0.2, 0.25) is 0 Å². The molecule has 0 aromatic carbocycles. The quantitative estimate of drug-likeness (QED) is 0.259. The fraction of sp³-hybridized carbons (Fsp3) is 0.833. The van der Waals surface area contributed by atoms with E-state index in [-0.39, 0.29) is 29.5 Å². The molecule has 0 aliphatic heterocycles. The second-order valence-electron chi connectivity index (χ2n) is 4.23. The summed E-state index contributed by atoms with van der Waals surface area (Å²) in [5.74, 6) is -0.299. The average Bonchev–Trinajstić information content (AvgIpc) is 2.27. The normalized spacial score (nSPS) is 11.9. The molecule has 0 radical (unpaired) electrons. The highest BCUT2D eigenvalue weighted by Gasteiger charge is 2.20. The molecule has 0 N–H and O–H groups in total. The minimum atomic E-state index is -0.684. The molecule has 18 heavy (non-hydrogen) atoms. The van der Waals surface area contributed by atoms with Crippen LogP contribution in [0, 0.1) is 10.1 Å². The average molecular weight is 259 g/mol. The number of unbranched alkanes of at least 4 members (excludes halogenated alkanes) is 1. The van der Waals surface area contributed by atoms with Crippen molar-refractivity contribution in [3.8, 4) is 0 Å². The van der Waals surface area contributed by atoms with Crippen molar-refractivity contribution in [2.24, 2.45) is 0 Å². The number of hydrogen-bond acceptors (Lipinski definition) is 5. The zero-order valence-electron chi connectivity index (χ0n) is 11.0. The largest absolute Gasteiger partial charge is 0.466 e. The second-order valence-corrected chi connectivity index (χ2v) is 4.23. The number of nitrogens with zero attached hydrogens (tertiary/aromatic N) is 1. The van der Waals surface area contributed by atoms with Crippen LogP contribution in [-0.4, -0.2) is 29.3 Å². The Morgan fingerprint density at radius 3 is 2.39 bits per heavy atom. The van der Waals surface area contributed by atoms with Crippen molar-refractivity contribution >= 4 is 11.8 Å². The fourth-order valence-corrected chi connectivity index (χ4v) is 1.61. The van der Waals surface area contributed by atoms with Gasteiger partial charge < -0.3 is 9.53 Å². The molecule has 0 rings (SSSR count). The molecule has 1 unspecified atom stereocenters. The summed E-state index contributed by atoms with van der Waals surface area (Å²) in [6.07, 6.45) is 2.40. The van der Waals surface area contributed by atoms with E-state index in [1.807, 2.05) is 0 Å². The number of Topliss-reactive ketones (excluding diaryl/α,β-unsaturated/α-hetero) is 1. The summed E-state index contributed by atoms with van der Waals surface area (Å²) in [4.78, 5) is 32.2. The van der Waals surface area contributed by atoms with Gasteiger partial charge >= 0.3 is 5.97 Å². The van der Waals surface area contributed by atoms with Gasteiger partial charge in [0, 0.05) is 30.6 Å². The van der Waals surface area contributed by atoms with Crippen molar-refractivity contribution in [1.29, 1.82) is 0 Å². The first-order chi connectivity index (χ1) is 8.47. The molecule has 0 fully saturated rings. The number of carbonyl (C=O) groups is 2. The Morgan fingerprint density at radius 2 is 1.89 bits per heavy atom. The molecule has 0 saturated heterocycles. The van der Waals surface area contributed by atoms with Crippen molar-refractivity contribution < 1.29 is 19.2 Å². The van der Waals surface area contributed by atoms with Crippen LogP contribution in [0.3, 0.4) is 0 Å². The summed E-state index contributed by atoms with van der Waals surface area (Å²) >= 11 is 0. The van der Waals surface area contributed by atoms with Gasteiger partial charge in [0.05, 0.1) is 6.61 Å². The maximum atomic E-state index is 11.0. The number of nitro groups is 1. The van der Waals surface area contributed by atoms with E-state index in [0.717, 1.165) is 0 Å². The molecule has 0 bridgehead atoms. The van der Waals surface area contributed by atoms with Crippen LogP contribution >= 0.6 is 0 Å². The van der Waals surface area contributed by atoms with Gasteiger partial charge in [-0.1, -0.05) is 0 Å². The summed E-state index contributed by atoms with van der Waals surface area (Å²) in [5, 5.41) is 10.7. The third-order valence-electron chi connectivity index (χ3n) is 2.60. The number of ether oxygens (including phenoxy) is 1. The van der Waals surface area contributed by atoms with Crippen molar-refractivity contribution in [3.63, 3.8) is 0 Å². The Hall–Kier alpha value is -1.46. The molecule has 0 aliphatic carbocycles. The lowest BCUT2D eigenvalue weighted by Crippen LogP contribution is -2.20. The standard InChI is InChI=1S/C12H21NO5/c1-3-18-12(15)7-5-4-6-11(13(16)17)9-8-10(2)14/h11H,3-9H2,1-2H3. The molecule has 1 atom stereocenters. The minimum absolute atomic E-state index is 0.0339. The lowest BCUT2D eigenvalue weighted by atomic mass is 10.0. The fourth-order valence-electron chi connectivity index (χ4n) is 1.61. The van der Waals surface area contributed by atoms with Gasteiger partial charge in [-0.05, 0) is 26.7 Å². The van der Waals surface area contributed by atoms with Gasteiger partial charge in [-0.15, -0.1) is 0 Å². The SMILES string of the molecule is CCOC(=O)CCCCC(CCC(C)=O)[N+](=O)[O-]. The molecule has 0 amide bonds. The van der Waals surface area contributed by atoms with E-state index in [0.29, 0.717) is 32.3 Å². The van der Waals surface area contributed by atoms with Crippen LogP contribution in [0.4, 0.5) is 0 Å². The van der Waals surface area contributed by atoms with Gasteiger partial charge in [-0.3, -0.25) is 14.9 Å². The summed E-state index contributed by atoms with van der Waals surface area (Å²) in [5.41, 5.74) is 0. The highest BCUT2D eigenvalue weighted by molar-refractivity contribution is 5.75. The lowest BCUT2D eigenvalue weighted by molar-refractivity contribution is -0.524. The Kier molecular flexibility index (Phi) is 8.78. The van der Waals surface area contributed by atoms with E-state index in [9.17, 15) is 19.7 Å². The first-order valence-electron chi connectivity index (χ1n) is 6.26. The van der Waals surface area contributed by atoms with E-state index in [4.69, 9.17) is 4.74 Å². The minimum Gasteiger partial charge on any atom is -0.466 e. The molecule has 0 aromatic heterocycles. The van der Waals surface area contributed by atoms with E-state index < -0.39 is 6.04 Å². The smallest absolute Gasteiger partial charge is 0.305 e. The number of hydrogen-bond donors (Lipinski definition) is 0. The van der Waals surface area contributed by atoms with Gasteiger partial charge in [0.1, 0.15) is 5.78 Å². The van der Waals surface area contributed by atoms with Crippen LogP contribution < -0.4 is 0 Å². The van der Waals surface area contributed by atoms with Crippen molar-refractivity contribution in [3.05, 3.63) is 10.1 Å². The third-order valence-corrected chi connectivity index (χ3v) is 2.60. The molecule has 0 spiro atoms. The molecule has 6 nitrogen and oxygen atoms in total. The van der Waals surface area contributed by atoms with E-state index in [2.05, 4.69) is 0 Å². The zero-order valence-corrected chi connectivity index (χ0v) is 11.0. The zero-order chi connectivity index (χ0) is 14.0. The maximum Gasteiger partial charge on any atom is 0.305 e. The van der Waals surface area contributed by atoms with Crippen LogP contribution in [0.1, 0.15) is 52.4 Å². The second kappa shape index (κ2) is 9.56. The van der Waals surface area contributed by atoms with Crippen LogP contribution in [0.25, 0.3) is 0 Å². The number of carbonyl (C=O) groups excluding carboxylic acids is 2. The predicted octanol–water partition coefficient (Wildman–Crippen LogP) is 2.12. The first-order valence-corrected chi connectivity index (χ1v) is 6.26. The van der Waals surface area contributed by atoms with Crippen LogP contribution in [-0.2, 0) is 14.3 Å². The highest BCUT2D eigenvalue weighted by Crippen LogP contribution is 2.12. The number of rotatable bonds is 10. The molecule has 0 aromatic rings. The maximum absolute atomic E-state index is 11.0.